The van der Waals surface area contributed by atoms with E-state index in [4.69, 9.17) is 14.0 Å². The number of morpholine rings is 1. The molecule has 29 heavy (non-hydrogen) atoms. The van der Waals surface area contributed by atoms with Gasteiger partial charge in [-0.3, -0.25) is 9.69 Å². The molecular weight excluding hydrogens is 395 g/mol. The van der Waals surface area contributed by atoms with Gasteiger partial charge in [0.25, 0.3) is 0 Å². The first-order valence-electron chi connectivity index (χ1n) is 9.09. The molecule has 0 saturated carbocycles. The summed E-state index contributed by atoms with van der Waals surface area (Å²) >= 11 is 0. The molecule has 2 aliphatic heterocycles. The summed E-state index contributed by atoms with van der Waals surface area (Å²) in [6.07, 6.45) is -2.55. The van der Waals surface area contributed by atoms with Crippen LogP contribution in [0.4, 0.5) is 13.2 Å². The molecule has 4 rings (SSSR count). The van der Waals surface area contributed by atoms with Crippen LogP contribution in [0.2, 0.25) is 0 Å². The Balaban J connectivity index is 1.32. The third-order valence-corrected chi connectivity index (χ3v) is 4.97. The Morgan fingerprint density at radius 2 is 2.31 bits per heavy atom. The normalized spacial score (nSPS) is 25.6. The Hall–Kier alpha value is -2.44. The van der Waals surface area contributed by atoms with Crippen LogP contribution in [0.15, 0.2) is 23.0 Å². The Kier molecular flexibility index (Phi) is 5.32. The summed E-state index contributed by atoms with van der Waals surface area (Å²) in [5.41, 5.74) is -0.945. The van der Waals surface area contributed by atoms with Gasteiger partial charge in [-0.2, -0.15) is 13.2 Å². The monoisotopic (exact) mass is 415 g/mol. The van der Waals surface area contributed by atoms with Gasteiger partial charge in [-0.25, -0.2) is 4.98 Å². The lowest BCUT2D eigenvalue weighted by atomic mass is 9.97. The van der Waals surface area contributed by atoms with Crippen molar-refractivity contribution in [2.24, 2.45) is 0 Å². The highest BCUT2D eigenvalue weighted by molar-refractivity contribution is 5.81. The Bertz CT molecular complexity index is 840. The molecule has 2 atom stereocenters. The first-order valence-corrected chi connectivity index (χ1v) is 9.09. The smallest absolute Gasteiger partial charge is 0.370 e. The molecular formula is C17H20F3N5O4. The number of imidazole rings is 1. The summed E-state index contributed by atoms with van der Waals surface area (Å²) in [5, 5.41) is 6.46. The Morgan fingerprint density at radius 3 is 3.03 bits per heavy atom. The largest absolute Gasteiger partial charge is 0.432 e. The van der Waals surface area contributed by atoms with Gasteiger partial charge < -0.3 is 24.3 Å². The van der Waals surface area contributed by atoms with Crippen LogP contribution in [0.3, 0.4) is 0 Å². The zero-order valence-corrected chi connectivity index (χ0v) is 15.4. The molecule has 12 heteroatoms. The van der Waals surface area contributed by atoms with Crippen molar-refractivity contribution in [1.29, 1.82) is 0 Å². The van der Waals surface area contributed by atoms with Crippen molar-refractivity contribution in [3.8, 4) is 0 Å². The molecule has 2 saturated heterocycles. The van der Waals surface area contributed by atoms with Crippen LogP contribution in [-0.2, 0) is 33.5 Å². The van der Waals surface area contributed by atoms with Crippen LogP contribution in [0.5, 0.6) is 0 Å². The van der Waals surface area contributed by atoms with Gasteiger partial charge >= 0.3 is 6.18 Å². The molecule has 158 valence electrons. The van der Waals surface area contributed by atoms with Gasteiger partial charge in [0.05, 0.1) is 32.5 Å². The van der Waals surface area contributed by atoms with Crippen LogP contribution in [-0.4, -0.2) is 63.9 Å². The number of rotatable bonds is 5. The highest BCUT2D eigenvalue weighted by atomic mass is 19.4. The van der Waals surface area contributed by atoms with Crippen molar-refractivity contribution in [3.63, 3.8) is 0 Å². The third kappa shape index (κ3) is 4.60. The number of aromatic nitrogens is 3. The highest BCUT2D eigenvalue weighted by Gasteiger charge is 2.47. The summed E-state index contributed by atoms with van der Waals surface area (Å²) in [6.45, 7) is 2.06. The van der Waals surface area contributed by atoms with E-state index in [0.717, 1.165) is 6.20 Å². The number of hydrogen-bond donors (Lipinski definition) is 2. The first-order chi connectivity index (χ1) is 13.8. The number of nitrogens with one attached hydrogen (secondary N) is 2. The zero-order valence-electron chi connectivity index (χ0n) is 15.4. The van der Waals surface area contributed by atoms with Crippen LogP contribution < -0.4 is 5.32 Å². The van der Waals surface area contributed by atoms with Crippen molar-refractivity contribution in [1.82, 2.24) is 25.3 Å². The number of carbonyl (C=O) groups is 1. The molecule has 0 bridgehead atoms. The van der Waals surface area contributed by atoms with E-state index in [1.165, 1.54) is 6.26 Å². The van der Waals surface area contributed by atoms with E-state index in [0.29, 0.717) is 31.8 Å². The summed E-state index contributed by atoms with van der Waals surface area (Å²) in [7, 11) is 0. The number of halogens is 3. The van der Waals surface area contributed by atoms with Crippen molar-refractivity contribution < 1.29 is 32.0 Å². The number of H-pyrrole nitrogens is 1. The molecule has 4 heterocycles. The van der Waals surface area contributed by atoms with Gasteiger partial charge in [-0.1, -0.05) is 5.16 Å². The second-order valence-corrected chi connectivity index (χ2v) is 7.20. The first kappa shape index (κ1) is 19.9. The summed E-state index contributed by atoms with van der Waals surface area (Å²) in [4.78, 5) is 20.4. The van der Waals surface area contributed by atoms with E-state index in [1.54, 1.807) is 6.07 Å². The number of carbonyl (C=O) groups excluding carboxylic acids is 1. The molecule has 2 N–H and O–H groups in total. The van der Waals surface area contributed by atoms with Crippen molar-refractivity contribution in [2.45, 2.75) is 37.4 Å². The van der Waals surface area contributed by atoms with Crippen LogP contribution >= 0.6 is 0 Å². The number of amides is 1. The predicted molar refractivity (Wildman–Crippen MR) is 90.3 cm³/mol. The zero-order chi connectivity index (χ0) is 20.5. The Labute approximate surface area is 163 Å². The standard InChI is InChI=1S/C17H20F3N5O4/c18-17(19,20)13-7-21-14(23-13)8-25-2-4-28-16(9-25)5-12(27-10-16)15(26)22-6-11-1-3-29-24-11/h1,3,7,12H,2,4-6,8-10H2,(H,21,23)(H,22,26)/t12-,16-/m0/s1. The molecule has 1 spiro atoms. The fourth-order valence-corrected chi connectivity index (χ4v) is 3.56. The van der Waals surface area contributed by atoms with E-state index in [2.05, 4.69) is 20.4 Å². The van der Waals surface area contributed by atoms with Gasteiger partial charge in [0, 0.05) is 25.6 Å². The van der Waals surface area contributed by atoms with Gasteiger partial charge in [0.2, 0.25) is 5.91 Å². The van der Waals surface area contributed by atoms with E-state index in [1.807, 2.05) is 4.90 Å². The maximum atomic E-state index is 12.7. The summed E-state index contributed by atoms with van der Waals surface area (Å²) in [6, 6.07) is 1.65. The van der Waals surface area contributed by atoms with Crippen molar-refractivity contribution >= 4 is 5.91 Å². The van der Waals surface area contributed by atoms with Crippen LogP contribution in [0.25, 0.3) is 0 Å². The second-order valence-electron chi connectivity index (χ2n) is 7.20. The van der Waals surface area contributed by atoms with E-state index in [9.17, 15) is 18.0 Å². The molecule has 1 amide bonds. The number of hydrogen-bond acceptors (Lipinski definition) is 7. The maximum Gasteiger partial charge on any atom is 0.432 e. The lowest BCUT2D eigenvalue weighted by Gasteiger charge is -2.39. The maximum absolute atomic E-state index is 12.7. The topological polar surface area (TPSA) is 106 Å². The highest BCUT2D eigenvalue weighted by Crippen LogP contribution is 2.32. The molecule has 0 aromatic carbocycles. The number of nitrogens with zero attached hydrogens (tertiary/aromatic N) is 3. The van der Waals surface area contributed by atoms with Crippen LogP contribution in [0, 0.1) is 0 Å². The molecule has 0 radical (unpaired) electrons. The minimum Gasteiger partial charge on any atom is -0.370 e. The SMILES string of the molecule is O=C(NCc1ccon1)[C@@H]1C[C@@]2(CO1)CN(Cc1ncc(C(F)(F)F)[nH]1)CCO2. The number of ether oxygens (including phenoxy) is 2. The van der Waals surface area contributed by atoms with E-state index < -0.39 is 23.6 Å². The minimum absolute atomic E-state index is 0.226. The van der Waals surface area contributed by atoms with E-state index >= 15 is 0 Å². The van der Waals surface area contributed by atoms with Crippen molar-refractivity contribution in [3.05, 3.63) is 35.7 Å². The molecule has 0 aliphatic carbocycles. The predicted octanol–water partition coefficient (Wildman–Crippen LogP) is 1.09. The lowest BCUT2D eigenvalue weighted by molar-refractivity contribution is -0.141. The summed E-state index contributed by atoms with van der Waals surface area (Å²) in [5.74, 6) is -0.0401. The average Bonchev–Trinajstić information content (AvgIpc) is 3.41. The van der Waals surface area contributed by atoms with Gasteiger partial charge in [0.1, 0.15) is 35.2 Å². The lowest BCUT2D eigenvalue weighted by Crippen LogP contribution is -2.52. The fraction of sp³-hybridized carbons (Fsp3) is 0.588. The number of aromatic amines is 1. The van der Waals surface area contributed by atoms with Gasteiger partial charge in [0.15, 0.2) is 0 Å². The molecule has 0 unspecified atom stereocenters. The third-order valence-electron chi connectivity index (χ3n) is 4.97. The van der Waals surface area contributed by atoms with Crippen LogP contribution in [0.1, 0.15) is 23.6 Å². The number of alkyl halides is 3. The van der Waals surface area contributed by atoms with Crippen molar-refractivity contribution in [2.75, 3.05) is 26.3 Å². The quantitative estimate of drug-likeness (QED) is 0.753. The summed E-state index contributed by atoms with van der Waals surface area (Å²) < 4.78 is 54.4. The minimum atomic E-state index is -4.46. The molecule has 2 aromatic rings. The molecule has 2 fully saturated rings. The van der Waals surface area contributed by atoms with E-state index in [-0.39, 0.29) is 31.4 Å². The molecule has 2 aliphatic rings. The second kappa shape index (κ2) is 7.76. The molecule has 9 nitrogen and oxygen atoms in total. The fourth-order valence-electron chi connectivity index (χ4n) is 3.56. The van der Waals surface area contributed by atoms with Gasteiger partial charge in [-0.05, 0) is 0 Å². The van der Waals surface area contributed by atoms with Gasteiger partial charge in [-0.15, -0.1) is 0 Å². The Morgan fingerprint density at radius 1 is 1.45 bits per heavy atom. The molecule has 2 aromatic heterocycles. The average molecular weight is 415 g/mol.